The molecule has 16 nitrogen and oxygen atoms in total. The second-order valence-electron chi connectivity index (χ2n) is 23.8. The summed E-state index contributed by atoms with van der Waals surface area (Å²) in [5, 5.41) is 0. The molecule has 0 saturated carbocycles. The van der Waals surface area contributed by atoms with Gasteiger partial charge in [0.15, 0.2) is 24.8 Å². The molecule has 15 atom stereocenters. The van der Waals surface area contributed by atoms with Crippen LogP contribution in [0, 0.1) is 5.92 Å². The van der Waals surface area contributed by atoms with Gasteiger partial charge >= 0.3 is 11.9 Å². The van der Waals surface area contributed by atoms with Gasteiger partial charge in [0, 0.05) is 24.7 Å². The smallest absolute Gasteiger partial charge is 0.303 e. The number of carbonyl (C=O) groups is 2. The Morgan fingerprint density at radius 1 is 0.326 bits per heavy atom. The maximum atomic E-state index is 13.6. The van der Waals surface area contributed by atoms with Crippen molar-refractivity contribution < 1.29 is 75.9 Å². The van der Waals surface area contributed by atoms with Gasteiger partial charge in [0.1, 0.15) is 54.3 Å². The van der Waals surface area contributed by atoms with E-state index >= 15 is 0 Å². The summed E-state index contributed by atoms with van der Waals surface area (Å²) in [5.41, 5.74) is 5.60. The lowest BCUT2D eigenvalue weighted by Crippen LogP contribution is -2.65. The van der Waals surface area contributed by atoms with Crippen molar-refractivity contribution in [2.75, 3.05) is 19.8 Å². The molecule has 17 heteroatoms. The lowest BCUT2D eigenvalue weighted by molar-refractivity contribution is -0.351. The van der Waals surface area contributed by atoms with E-state index in [4.69, 9.17) is 66.3 Å². The van der Waals surface area contributed by atoms with Gasteiger partial charge in [-0.3, -0.25) is 9.59 Å². The number of thioether (sulfide) groups is 1. The van der Waals surface area contributed by atoms with Crippen LogP contribution in [-0.2, 0) is 122 Å². The molecule has 498 valence electrons. The molecule has 0 N–H and O–H groups in total. The number of esters is 2. The average molecular weight is 1310 g/mol. The highest BCUT2D eigenvalue weighted by molar-refractivity contribution is 7.99. The summed E-state index contributed by atoms with van der Waals surface area (Å²) in [4.78, 5) is 28.1. The van der Waals surface area contributed by atoms with Gasteiger partial charge in [-0.2, -0.15) is 0 Å². The number of benzene rings is 8. The van der Waals surface area contributed by atoms with Crippen LogP contribution in [-0.4, -0.2) is 117 Å². The van der Waals surface area contributed by atoms with Crippen molar-refractivity contribution in [2.45, 2.75) is 157 Å². The van der Waals surface area contributed by atoms with Crippen LogP contribution in [0.4, 0.5) is 0 Å². The Labute approximate surface area is 561 Å². The summed E-state index contributed by atoms with van der Waals surface area (Å²) in [6.07, 6.45) is -13.1. The van der Waals surface area contributed by atoms with Gasteiger partial charge in [-0.15, -0.1) is 0 Å². The standard InChI is InChI=1S/C78H84O16S/c1-54-65(51-81-44-57-28-12-4-13-29-57)91-77(73(89-55(2)79)68(54)83-46-59-32-16-6-17-33-59)94-72-70(85-48-61-36-20-8-21-37-61)67(93-78(95-64-42-26-11-27-43-64)75(72)87-50-63-40-24-10-25-41-63)53-88-76-74(90-56(3)80)71(86-49-62-38-22-9-23-39-62)69(84-47-60-34-18-7-19-35-60)66(92-76)52-82-45-58-30-14-5-15-31-58/h4-43,54,65-78H,44-53H2,1-3H3/t54-,65?,66?,67?,68+,69-,70-,71+,72+,73?,74?,75?,76+,77-,78-/m1/s1. The van der Waals surface area contributed by atoms with Crippen LogP contribution in [0.5, 0.6) is 0 Å². The molecule has 8 aromatic carbocycles. The van der Waals surface area contributed by atoms with E-state index in [2.05, 4.69) is 0 Å². The summed E-state index contributed by atoms with van der Waals surface area (Å²) in [6.45, 7) is 6.02. The molecule has 0 aromatic heterocycles. The Kier molecular flexibility index (Phi) is 26.2. The first-order valence-corrected chi connectivity index (χ1v) is 33.4. The molecule has 3 heterocycles. The normalized spacial score (nSPS) is 25.9. The Bertz CT molecular complexity index is 3480. The average Bonchev–Trinajstić information content (AvgIpc) is 0.787. The maximum absolute atomic E-state index is 13.6. The molecule has 11 rings (SSSR count). The first-order chi connectivity index (χ1) is 46.7. The minimum atomic E-state index is -1.30. The Morgan fingerprint density at radius 2 is 0.653 bits per heavy atom. The van der Waals surface area contributed by atoms with Crippen LogP contribution in [0.1, 0.15) is 59.7 Å². The molecule has 0 bridgehead atoms. The van der Waals surface area contributed by atoms with Crippen LogP contribution in [0.15, 0.2) is 248 Å². The molecule has 3 saturated heterocycles. The van der Waals surface area contributed by atoms with Crippen LogP contribution in [0.25, 0.3) is 0 Å². The SMILES string of the molecule is CC(=O)OC1[C@@H](O[C@@H]2C(OCc3ccccc3)[C@@H](Sc3ccccc3)OC(CO[C@H]3OC(COCc4ccccc4)[C@@H](OCc4ccccc4)[C@H](OCc4ccccc4)C3OC(C)=O)[C@H]2OCc2ccccc2)OC(COCc2ccccc2)[C@@H](C)[C@@H]1OCc1ccccc1. The molecule has 0 amide bonds. The van der Waals surface area contributed by atoms with Crippen molar-refractivity contribution in [3.8, 4) is 0 Å². The van der Waals surface area contributed by atoms with Crippen molar-refractivity contribution in [3.05, 3.63) is 282 Å². The van der Waals surface area contributed by atoms with Crippen molar-refractivity contribution in [3.63, 3.8) is 0 Å². The molecule has 3 aliphatic rings. The summed E-state index contributed by atoms with van der Waals surface area (Å²) in [7, 11) is 0. The second kappa shape index (κ2) is 36.1. The fourth-order valence-corrected chi connectivity index (χ4v) is 13.1. The predicted molar refractivity (Wildman–Crippen MR) is 357 cm³/mol. The zero-order valence-electron chi connectivity index (χ0n) is 53.8. The van der Waals surface area contributed by atoms with E-state index in [1.807, 2.05) is 250 Å². The lowest BCUT2D eigenvalue weighted by atomic mass is 9.90. The molecule has 0 aliphatic carbocycles. The number of hydrogen-bond acceptors (Lipinski definition) is 17. The molecular weight excluding hydrogens is 1220 g/mol. The number of hydrogen-bond donors (Lipinski definition) is 0. The molecule has 8 aromatic rings. The molecule has 3 fully saturated rings. The quantitative estimate of drug-likeness (QED) is 0.0366. The monoisotopic (exact) mass is 1310 g/mol. The van der Waals surface area contributed by atoms with Gasteiger partial charge in [-0.1, -0.05) is 249 Å². The third-order valence-electron chi connectivity index (χ3n) is 16.7. The van der Waals surface area contributed by atoms with E-state index in [-0.39, 0.29) is 65.4 Å². The van der Waals surface area contributed by atoms with Crippen molar-refractivity contribution in [2.24, 2.45) is 5.92 Å². The van der Waals surface area contributed by atoms with E-state index in [0.29, 0.717) is 6.61 Å². The minimum Gasteiger partial charge on any atom is -0.454 e. The third-order valence-corrected chi connectivity index (χ3v) is 17.9. The van der Waals surface area contributed by atoms with Gasteiger partial charge in [-0.05, 0) is 51.1 Å². The first kappa shape index (κ1) is 68.9. The van der Waals surface area contributed by atoms with Gasteiger partial charge < -0.3 is 66.3 Å². The molecular formula is C78H84O16S. The minimum absolute atomic E-state index is 0.0406. The van der Waals surface area contributed by atoms with Gasteiger partial charge in [0.2, 0.25) is 0 Å². The Balaban J connectivity index is 0.987. The highest BCUT2D eigenvalue weighted by Crippen LogP contribution is 2.42. The van der Waals surface area contributed by atoms with Crippen molar-refractivity contribution in [1.29, 1.82) is 0 Å². The summed E-state index contributed by atoms with van der Waals surface area (Å²) in [6, 6.07) is 78.7. The van der Waals surface area contributed by atoms with Gasteiger partial charge in [0.05, 0.1) is 72.2 Å². The van der Waals surface area contributed by atoms with E-state index in [1.54, 1.807) is 0 Å². The van der Waals surface area contributed by atoms with Crippen molar-refractivity contribution in [1.82, 2.24) is 0 Å². The second-order valence-corrected chi connectivity index (χ2v) is 25.0. The van der Waals surface area contributed by atoms with Crippen LogP contribution < -0.4 is 0 Å². The van der Waals surface area contributed by atoms with Gasteiger partial charge in [-0.25, -0.2) is 0 Å². The predicted octanol–water partition coefficient (Wildman–Crippen LogP) is 13.2. The maximum Gasteiger partial charge on any atom is 0.303 e. The molecule has 3 aliphatic heterocycles. The number of rotatable bonds is 32. The highest BCUT2D eigenvalue weighted by atomic mass is 32.2. The highest BCUT2D eigenvalue weighted by Gasteiger charge is 2.56. The molecule has 0 spiro atoms. The first-order valence-electron chi connectivity index (χ1n) is 32.5. The van der Waals surface area contributed by atoms with E-state index in [0.717, 1.165) is 43.8 Å². The van der Waals surface area contributed by atoms with Crippen LogP contribution in [0.2, 0.25) is 0 Å². The Hall–Kier alpha value is -7.43. The third kappa shape index (κ3) is 20.3. The van der Waals surface area contributed by atoms with Gasteiger partial charge in [0.25, 0.3) is 0 Å². The lowest BCUT2D eigenvalue weighted by Gasteiger charge is -2.50. The van der Waals surface area contributed by atoms with Crippen molar-refractivity contribution >= 4 is 23.7 Å². The fraction of sp³-hybridized carbons (Fsp3) is 0.359. The zero-order valence-corrected chi connectivity index (χ0v) is 54.6. The van der Waals surface area contributed by atoms with E-state index in [9.17, 15) is 9.59 Å². The molecule has 6 unspecified atom stereocenters. The molecule has 95 heavy (non-hydrogen) atoms. The fourth-order valence-electron chi connectivity index (χ4n) is 11.9. The van der Waals surface area contributed by atoms with E-state index in [1.165, 1.54) is 25.6 Å². The number of carbonyl (C=O) groups excluding carboxylic acids is 2. The summed E-state index contributed by atoms with van der Waals surface area (Å²) < 4.78 is 97.2. The summed E-state index contributed by atoms with van der Waals surface area (Å²) in [5.74, 6) is -1.54. The summed E-state index contributed by atoms with van der Waals surface area (Å²) >= 11 is 1.45. The largest absolute Gasteiger partial charge is 0.454 e. The Morgan fingerprint density at radius 3 is 1.07 bits per heavy atom. The van der Waals surface area contributed by atoms with Crippen LogP contribution >= 0.6 is 11.8 Å². The number of ether oxygens (including phenoxy) is 14. The topological polar surface area (TPSA) is 163 Å². The van der Waals surface area contributed by atoms with E-state index < -0.39 is 97.1 Å². The molecule has 0 radical (unpaired) electrons. The van der Waals surface area contributed by atoms with Crippen LogP contribution in [0.3, 0.4) is 0 Å². The zero-order chi connectivity index (χ0) is 65.4.